The number of hydrogen-bond acceptors (Lipinski definition) is 2. The van der Waals surface area contributed by atoms with Crippen molar-refractivity contribution in [2.75, 3.05) is 0 Å². The highest BCUT2D eigenvalue weighted by atomic mass is 16.1. The highest BCUT2D eigenvalue weighted by Crippen LogP contribution is 2.24. The Labute approximate surface area is 80.1 Å². The van der Waals surface area contributed by atoms with E-state index in [0.29, 0.717) is 12.1 Å². The smallest absolute Gasteiger partial charge is 0.222 e. The fraction of sp³-hybridized carbons (Fsp3) is 0.900. The number of rotatable bonds is 3. The second-order valence-corrected chi connectivity index (χ2v) is 4.22. The lowest BCUT2D eigenvalue weighted by Crippen LogP contribution is -2.47. The zero-order chi connectivity index (χ0) is 9.84. The van der Waals surface area contributed by atoms with Crippen molar-refractivity contribution in [3.63, 3.8) is 0 Å². The average Bonchev–Trinajstić information content (AvgIpc) is 2.03. The Balaban J connectivity index is 2.51. The molecule has 76 valence electrons. The van der Waals surface area contributed by atoms with E-state index in [-0.39, 0.29) is 11.8 Å². The summed E-state index contributed by atoms with van der Waals surface area (Å²) >= 11 is 0. The SMILES string of the molecule is CC(C)N[C@@H]1CCCC[C@@H]1C(N)=O. The molecule has 0 spiro atoms. The van der Waals surface area contributed by atoms with E-state index in [1.165, 1.54) is 6.42 Å². The van der Waals surface area contributed by atoms with Crippen molar-refractivity contribution in [1.29, 1.82) is 0 Å². The number of primary amides is 1. The molecule has 1 aliphatic carbocycles. The van der Waals surface area contributed by atoms with Crippen molar-refractivity contribution < 1.29 is 4.79 Å². The molecule has 0 aromatic heterocycles. The molecular weight excluding hydrogens is 164 g/mol. The third-order valence-corrected chi connectivity index (χ3v) is 2.68. The van der Waals surface area contributed by atoms with E-state index in [1.807, 2.05) is 0 Å². The van der Waals surface area contributed by atoms with Gasteiger partial charge in [0.2, 0.25) is 5.91 Å². The van der Waals surface area contributed by atoms with Gasteiger partial charge in [-0.2, -0.15) is 0 Å². The largest absolute Gasteiger partial charge is 0.369 e. The van der Waals surface area contributed by atoms with Gasteiger partial charge in [0.15, 0.2) is 0 Å². The van der Waals surface area contributed by atoms with E-state index >= 15 is 0 Å². The first-order valence-corrected chi connectivity index (χ1v) is 5.16. The number of carbonyl (C=O) groups is 1. The van der Waals surface area contributed by atoms with Gasteiger partial charge in [-0.15, -0.1) is 0 Å². The van der Waals surface area contributed by atoms with Crippen molar-refractivity contribution in [3.05, 3.63) is 0 Å². The zero-order valence-electron chi connectivity index (χ0n) is 8.55. The van der Waals surface area contributed by atoms with Crippen LogP contribution in [0.25, 0.3) is 0 Å². The number of nitrogens with two attached hydrogens (primary N) is 1. The second-order valence-electron chi connectivity index (χ2n) is 4.22. The van der Waals surface area contributed by atoms with Crippen LogP contribution in [0.3, 0.4) is 0 Å². The van der Waals surface area contributed by atoms with Crippen LogP contribution in [0.1, 0.15) is 39.5 Å². The van der Waals surface area contributed by atoms with Gasteiger partial charge in [-0.25, -0.2) is 0 Å². The molecule has 3 heteroatoms. The number of amides is 1. The molecule has 0 heterocycles. The Morgan fingerprint density at radius 1 is 1.38 bits per heavy atom. The van der Waals surface area contributed by atoms with Crippen molar-refractivity contribution in [3.8, 4) is 0 Å². The summed E-state index contributed by atoms with van der Waals surface area (Å²) in [4.78, 5) is 11.1. The minimum absolute atomic E-state index is 0.0520. The van der Waals surface area contributed by atoms with Crippen LogP contribution in [0.5, 0.6) is 0 Å². The summed E-state index contributed by atoms with van der Waals surface area (Å²) in [6.45, 7) is 4.21. The van der Waals surface area contributed by atoms with Gasteiger partial charge in [0, 0.05) is 12.1 Å². The van der Waals surface area contributed by atoms with E-state index < -0.39 is 0 Å². The molecule has 1 amide bonds. The zero-order valence-corrected chi connectivity index (χ0v) is 8.55. The van der Waals surface area contributed by atoms with Gasteiger partial charge in [-0.3, -0.25) is 4.79 Å². The molecule has 13 heavy (non-hydrogen) atoms. The monoisotopic (exact) mass is 184 g/mol. The van der Waals surface area contributed by atoms with E-state index in [4.69, 9.17) is 5.73 Å². The summed E-state index contributed by atoms with van der Waals surface area (Å²) in [5, 5.41) is 3.41. The molecule has 3 nitrogen and oxygen atoms in total. The first-order chi connectivity index (χ1) is 6.11. The van der Waals surface area contributed by atoms with Crippen LogP contribution in [0.4, 0.5) is 0 Å². The Bertz CT molecular complexity index is 180. The predicted octanol–water partition coefficient (Wildman–Crippen LogP) is 1.03. The van der Waals surface area contributed by atoms with Crippen LogP contribution >= 0.6 is 0 Å². The third-order valence-electron chi connectivity index (χ3n) is 2.68. The molecule has 2 atom stereocenters. The molecule has 0 radical (unpaired) electrons. The van der Waals surface area contributed by atoms with Crippen LogP contribution in [0.2, 0.25) is 0 Å². The fourth-order valence-electron chi connectivity index (χ4n) is 2.10. The molecule has 0 aromatic carbocycles. The van der Waals surface area contributed by atoms with Crippen LogP contribution in [-0.2, 0) is 4.79 Å². The summed E-state index contributed by atoms with van der Waals surface area (Å²) in [6, 6.07) is 0.746. The molecule has 0 unspecified atom stereocenters. The summed E-state index contributed by atoms with van der Waals surface area (Å²) < 4.78 is 0. The molecule has 1 fully saturated rings. The average molecular weight is 184 g/mol. The van der Waals surface area contributed by atoms with E-state index in [9.17, 15) is 4.79 Å². The van der Waals surface area contributed by atoms with Crippen molar-refractivity contribution in [1.82, 2.24) is 5.32 Å². The number of hydrogen-bond donors (Lipinski definition) is 2. The van der Waals surface area contributed by atoms with Gasteiger partial charge < -0.3 is 11.1 Å². The number of nitrogens with one attached hydrogen (secondary N) is 1. The third kappa shape index (κ3) is 2.99. The van der Waals surface area contributed by atoms with Crippen LogP contribution < -0.4 is 11.1 Å². The lowest BCUT2D eigenvalue weighted by atomic mass is 9.84. The van der Waals surface area contributed by atoms with Gasteiger partial charge in [-0.05, 0) is 12.8 Å². The maximum atomic E-state index is 11.1. The lowest BCUT2D eigenvalue weighted by molar-refractivity contribution is -0.123. The molecular formula is C10H20N2O. The summed E-state index contributed by atoms with van der Waals surface area (Å²) in [6.07, 6.45) is 4.41. The Morgan fingerprint density at radius 3 is 2.54 bits per heavy atom. The van der Waals surface area contributed by atoms with Gasteiger partial charge >= 0.3 is 0 Å². The Morgan fingerprint density at radius 2 is 2.00 bits per heavy atom. The summed E-state index contributed by atoms with van der Waals surface area (Å²) in [5.74, 6) is -0.0889. The quantitative estimate of drug-likeness (QED) is 0.688. The topological polar surface area (TPSA) is 55.1 Å². The van der Waals surface area contributed by atoms with Crippen LogP contribution in [0, 0.1) is 5.92 Å². The van der Waals surface area contributed by atoms with Gasteiger partial charge in [0.1, 0.15) is 0 Å². The molecule has 1 saturated carbocycles. The maximum Gasteiger partial charge on any atom is 0.222 e. The van der Waals surface area contributed by atoms with Crippen molar-refractivity contribution in [2.24, 2.45) is 11.7 Å². The van der Waals surface area contributed by atoms with E-state index in [2.05, 4.69) is 19.2 Å². The molecule has 3 N–H and O–H groups in total. The summed E-state index contributed by atoms with van der Waals surface area (Å²) in [7, 11) is 0. The second kappa shape index (κ2) is 4.61. The van der Waals surface area contributed by atoms with E-state index in [1.54, 1.807) is 0 Å². The highest BCUT2D eigenvalue weighted by Gasteiger charge is 2.29. The lowest BCUT2D eigenvalue weighted by Gasteiger charge is -2.31. The number of carbonyl (C=O) groups excluding carboxylic acids is 1. The van der Waals surface area contributed by atoms with Gasteiger partial charge in [-0.1, -0.05) is 26.7 Å². The first-order valence-electron chi connectivity index (χ1n) is 5.16. The molecule has 1 rings (SSSR count). The fourth-order valence-corrected chi connectivity index (χ4v) is 2.10. The predicted molar refractivity (Wildman–Crippen MR) is 53.2 cm³/mol. The standard InChI is InChI=1S/C10H20N2O/c1-7(2)12-9-6-4-3-5-8(9)10(11)13/h7-9,12H,3-6H2,1-2H3,(H2,11,13)/t8-,9+/m0/s1. The summed E-state index contributed by atoms with van der Waals surface area (Å²) in [5.41, 5.74) is 5.35. The van der Waals surface area contributed by atoms with Gasteiger partial charge in [0.25, 0.3) is 0 Å². The molecule has 0 aromatic rings. The first kappa shape index (κ1) is 10.5. The Kier molecular flexibility index (Phi) is 3.72. The van der Waals surface area contributed by atoms with Crippen molar-refractivity contribution in [2.45, 2.75) is 51.6 Å². The normalized spacial score (nSPS) is 29.2. The van der Waals surface area contributed by atoms with Crippen LogP contribution in [-0.4, -0.2) is 18.0 Å². The van der Waals surface area contributed by atoms with Gasteiger partial charge in [0.05, 0.1) is 5.92 Å². The Hall–Kier alpha value is -0.570. The maximum absolute atomic E-state index is 11.1. The molecule has 0 saturated heterocycles. The van der Waals surface area contributed by atoms with Crippen molar-refractivity contribution >= 4 is 5.91 Å². The molecule has 0 bridgehead atoms. The minimum Gasteiger partial charge on any atom is -0.369 e. The van der Waals surface area contributed by atoms with E-state index in [0.717, 1.165) is 19.3 Å². The molecule has 1 aliphatic rings. The highest BCUT2D eigenvalue weighted by molar-refractivity contribution is 5.77. The van der Waals surface area contributed by atoms with Crippen LogP contribution in [0.15, 0.2) is 0 Å². The minimum atomic E-state index is -0.141. The molecule has 0 aliphatic heterocycles.